The minimum atomic E-state index is -0.409. The molecule has 0 spiro atoms. The zero-order valence-corrected chi connectivity index (χ0v) is 9.51. The Kier molecular flexibility index (Phi) is 3.08. The Labute approximate surface area is 97.7 Å². The van der Waals surface area contributed by atoms with Gasteiger partial charge in [-0.25, -0.2) is 4.98 Å². The van der Waals surface area contributed by atoms with Crippen molar-refractivity contribution in [2.75, 3.05) is 5.32 Å². The van der Waals surface area contributed by atoms with Gasteiger partial charge in [-0.1, -0.05) is 13.8 Å². The van der Waals surface area contributed by atoms with Crippen LogP contribution in [0.1, 0.15) is 36.2 Å². The van der Waals surface area contributed by atoms with Crippen LogP contribution in [0.25, 0.3) is 0 Å². The molecule has 17 heavy (non-hydrogen) atoms. The van der Waals surface area contributed by atoms with Crippen molar-refractivity contribution in [3.63, 3.8) is 0 Å². The first-order valence-corrected chi connectivity index (χ1v) is 5.18. The monoisotopic (exact) mass is 232 g/mol. The second kappa shape index (κ2) is 4.69. The minimum absolute atomic E-state index is 0.0966. The van der Waals surface area contributed by atoms with E-state index in [1.165, 1.54) is 6.20 Å². The number of amides is 1. The summed E-state index contributed by atoms with van der Waals surface area (Å²) in [6.45, 7) is 3.93. The highest BCUT2D eigenvalue weighted by molar-refractivity contribution is 6.00. The molecule has 2 rings (SSSR count). The molecule has 88 valence electrons. The Bertz CT molecular complexity index is 507. The SMILES string of the molecule is CC(C)c1nc(C(=O)Nc2cccnn2)n[nH]1. The van der Waals surface area contributed by atoms with Crippen LogP contribution in [-0.2, 0) is 0 Å². The fraction of sp³-hybridized carbons (Fsp3) is 0.300. The highest BCUT2D eigenvalue weighted by Gasteiger charge is 2.14. The lowest BCUT2D eigenvalue weighted by molar-refractivity contribution is 0.101. The third-order valence-electron chi connectivity index (χ3n) is 2.07. The summed E-state index contributed by atoms with van der Waals surface area (Å²) < 4.78 is 0. The summed E-state index contributed by atoms with van der Waals surface area (Å²) in [7, 11) is 0. The van der Waals surface area contributed by atoms with Crippen molar-refractivity contribution in [1.82, 2.24) is 25.4 Å². The summed E-state index contributed by atoms with van der Waals surface area (Å²) >= 11 is 0. The Morgan fingerprint density at radius 2 is 2.29 bits per heavy atom. The van der Waals surface area contributed by atoms with Crippen molar-refractivity contribution in [2.24, 2.45) is 0 Å². The molecule has 0 aliphatic carbocycles. The maximum Gasteiger partial charge on any atom is 0.296 e. The molecular formula is C10H12N6O. The first-order valence-electron chi connectivity index (χ1n) is 5.18. The van der Waals surface area contributed by atoms with E-state index in [2.05, 4.69) is 30.7 Å². The van der Waals surface area contributed by atoms with E-state index < -0.39 is 5.91 Å². The minimum Gasteiger partial charge on any atom is -0.302 e. The average molecular weight is 232 g/mol. The molecule has 0 aliphatic rings. The number of hydrogen-bond acceptors (Lipinski definition) is 5. The van der Waals surface area contributed by atoms with Gasteiger partial charge in [0.05, 0.1) is 0 Å². The van der Waals surface area contributed by atoms with Crippen molar-refractivity contribution in [2.45, 2.75) is 19.8 Å². The summed E-state index contributed by atoms with van der Waals surface area (Å²) in [6, 6.07) is 3.32. The van der Waals surface area contributed by atoms with Crippen LogP contribution in [0.5, 0.6) is 0 Å². The van der Waals surface area contributed by atoms with Gasteiger partial charge in [0.2, 0.25) is 5.82 Å². The highest BCUT2D eigenvalue weighted by Crippen LogP contribution is 2.08. The van der Waals surface area contributed by atoms with Crippen molar-refractivity contribution >= 4 is 11.7 Å². The van der Waals surface area contributed by atoms with Gasteiger partial charge in [0.25, 0.3) is 5.91 Å². The number of nitrogens with one attached hydrogen (secondary N) is 2. The maximum atomic E-state index is 11.7. The van der Waals surface area contributed by atoms with Gasteiger partial charge < -0.3 is 5.32 Å². The summed E-state index contributed by atoms with van der Waals surface area (Å²) in [6.07, 6.45) is 1.53. The summed E-state index contributed by atoms with van der Waals surface area (Å²) in [5.41, 5.74) is 0. The maximum absolute atomic E-state index is 11.7. The summed E-state index contributed by atoms with van der Waals surface area (Å²) in [5, 5.41) is 16.5. The fourth-order valence-corrected chi connectivity index (χ4v) is 1.17. The van der Waals surface area contributed by atoms with Crippen molar-refractivity contribution in [3.05, 3.63) is 30.0 Å². The van der Waals surface area contributed by atoms with E-state index >= 15 is 0 Å². The lowest BCUT2D eigenvalue weighted by Crippen LogP contribution is -2.15. The van der Waals surface area contributed by atoms with Crippen LogP contribution in [0.15, 0.2) is 18.3 Å². The van der Waals surface area contributed by atoms with Crippen LogP contribution in [0.3, 0.4) is 0 Å². The molecule has 2 aromatic rings. The second-order valence-electron chi connectivity index (χ2n) is 3.76. The third kappa shape index (κ3) is 2.63. The van der Waals surface area contributed by atoms with E-state index in [-0.39, 0.29) is 11.7 Å². The van der Waals surface area contributed by atoms with Gasteiger partial charge >= 0.3 is 0 Å². The molecule has 0 saturated heterocycles. The Morgan fingerprint density at radius 3 is 2.88 bits per heavy atom. The molecule has 0 aliphatic heterocycles. The Balaban J connectivity index is 2.10. The Hall–Kier alpha value is -2.31. The zero-order chi connectivity index (χ0) is 12.3. The molecular weight excluding hydrogens is 220 g/mol. The third-order valence-corrected chi connectivity index (χ3v) is 2.07. The van der Waals surface area contributed by atoms with Gasteiger partial charge in [-0.3, -0.25) is 9.89 Å². The molecule has 0 fully saturated rings. The van der Waals surface area contributed by atoms with E-state index in [1.807, 2.05) is 13.8 Å². The first-order chi connectivity index (χ1) is 8.16. The number of nitrogens with zero attached hydrogens (tertiary/aromatic N) is 4. The number of H-pyrrole nitrogens is 1. The van der Waals surface area contributed by atoms with Crippen LogP contribution < -0.4 is 5.32 Å². The van der Waals surface area contributed by atoms with Crippen LogP contribution in [0.2, 0.25) is 0 Å². The first kappa shape index (κ1) is 11.2. The smallest absolute Gasteiger partial charge is 0.296 e. The normalized spacial score (nSPS) is 10.5. The van der Waals surface area contributed by atoms with Gasteiger partial charge in [0, 0.05) is 12.1 Å². The van der Waals surface area contributed by atoms with Crippen molar-refractivity contribution in [1.29, 1.82) is 0 Å². The van der Waals surface area contributed by atoms with E-state index in [0.29, 0.717) is 11.6 Å². The van der Waals surface area contributed by atoms with Crippen LogP contribution >= 0.6 is 0 Å². The van der Waals surface area contributed by atoms with Crippen molar-refractivity contribution < 1.29 is 4.79 Å². The van der Waals surface area contributed by atoms with E-state index in [0.717, 1.165) is 0 Å². The summed E-state index contributed by atoms with van der Waals surface area (Å²) in [5.74, 6) is 0.927. The molecule has 7 heteroatoms. The molecule has 0 unspecified atom stereocenters. The van der Waals surface area contributed by atoms with Crippen molar-refractivity contribution in [3.8, 4) is 0 Å². The molecule has 1 amide bonds. The largest absolute Gasteiger partial charge is 0.302 e. The number of aromatic amines is 1. The molecule has 0 bridgehead atoms. The standard InChI is InChI=1S/C10H12N6O/c1-6(2)8-13-9(16-15-8)10(17)12-7-4-3-5-11-14-7/h3-6H,1-2H3,(H,12,14,17)(H,13,15,16). The number of carbonyl (C=O) groups is 1. The van der Waals surface area contributed by atoms with E-state index in [4.69, 9.17) is 0 Å². The molecule has 0 atom stereocenters. The highest BCUT2D eigenvalue weighted by atomic mass is 16.2. The number of rotatable bonds is 3. The van der Waals surface area contributed by atoms with Crippen LogP contribution in [0, 0.1) is 0 Å². The topological polar surface area (TPSA) is 96.5 Å². The quantitative estimate of drug-likeness (QED) is 0.821. The second-order valence-corrected chi connectivity index (χ2v) is 3.76. The lowest BCUT2D eigenvalue weighted by Gasteiger charge is -1.99. The molecule has 0 aromatic carbocycles. The van der Waals surface area contributed by atoms with Gasteiger partial charge in [-0.05, 0) is 12.1 Å². The molecule has 2 aromatic heterocycles. The van der Waals surface area contributed by atoms with Gasteiger partial charge in [0.15, 0.2) is 5.82 Å². The molecule has 0 radical (unpaired) electrons. The lowest BCUT2D eigenvalue weighted by atomic mass is 10.2. The molecule has 0 saturated carbocycles. The molecule has 2 heterocycles. The number of hydrogen-bond donors (Lipinski definition) is 2. The molecule has 7 nitrogen and oxygen atoms in total. The predicted molar refractivity (Wildman–Crippen MR) is 60.5 cm³/mol. The van der Waals surface area contributed by atoms with E-state index in [9.17, 15) is 4.79 Å². The number of anilines is 1. The van der Waals surface area contributed by atoms with E-state index in [1.54, 1.807) is 12.1 Å². The van der Waals surface area contributed by atoms with Crippen LogP contribution in [-0.4, -0.2) is 31.3 Å². The average Bonchev–Trinajstić information content (AvgIpc) is 2.79. The summed E-state index contributed by atoms with van der Waals surface area (Å²) in [4.78, 5) is 15.8. The van der Waals surface area contributed by atoms with Gasteiger partial charge in [0.1, 0.15) is 5.82 Å². The van der Waals surface area contributed by atoms with Crippen LogP contribution in [0.4, 0.5) is 5.82 Å². The molecule has 2 N–H and O–H groups in total. The number of carbonyl (C=O) groups excluding carboxylic acids is 1. The fourth-order valence-electron chi connectivity index (χ4n) is 1.17. The number of aromatic nitrogens is 5. The van der Waals surface area contributed by atoms with Gasteiger partial charge in [-0.15, -0.1) is 10.2 Å². The van der Waals surface area contributed by atoms with Gasteiger partial charge in [-0.2, -0.15) is 5.10 Å². The predicted octanol–water partition coefficient (Wildman–Crippen LogP) is 0.970. The Morgan fingerprint density at radius 1 is 1.47 bits per heavy atom. The zero-order valence-electron chi connectivity index (χ0n) is 9.51.